The Labute approximate surface area is 116 Å². The third kappa shape index (κ3) is 2.48. The Balaban J connectivity index is 2.34. The highest BCUT2D eigenvalue weighted by atomic mass is 35.5. The number of ether oxygens (including phenoxy) is 1. The standard InChI is InChI=1S/C13H13Cl2NO2/c14-9-2-3-10(11(15)6-9)12(17)13(7-16)4-1-5-18-8-13/h2-3,6,12,17H,1,4-5,8H2. The average molecular weight is 286 g/mol. The lowest BCUT2D eigenvalue weighted by atomic mass is 9.76. The molecule has 0 spiro atoms. The quantitative estimate of drug-likeness (QED) is 0.907. The van der Waals surface area contributed by atoms with Gasteiger partial charge in [-0.05, 0) is 25.0 Å². The highest BCUT2D eigenvalue weighted by molar-refractivity contribution is 6.35. The number of nitrogens with zero attached hydrogens (tertiary/aromatic N) is 1. The van der Waals surface area contributed by atoms with Crippen LogP contribution in [0.3, 0.4) is 0 Å². The molecule has 0 aliphatic carbocycles. The molecule has 1 N–H and O–H groups in total. The zero-order valence-corrected chi connectivity index (χ0v) is 11.2. The van der Waals surface area contributed by atoms with Gasteiger partial charge in [0.15, 0.2) is 0 Å². The number of rotatable bonds is 2. The summed E-state index contributed by atoms with van der Waals surface area (Å²) in [5, 5.41) is 20.7. The van der Waals surface area contributed by atoms with E-state index in [9.17, 15) is 10.4 Å². The largest absolute Gasteiger partial charge is 0.387 e. The SMILES string of the molecule is N#CC1(C(O)c2ccc(Cl)cc2Cl)CCCOC1. The normalized spacial score (nSPS) is 25.4. The van der Waals surface area contributed by atoms with Gasteiger partial charge in [-0.2, -0.15) is 5.26 Å². The Kier molecular flexibility index (Phi) is 4.14. The molecule has 2 atom stereocenters. The summed E-state index contributed by atoms with van der Waals surface area (Å²) in [6.45, 7) is 0.855. The lowest BCUT2D eigenvalue weighted by Crippen LogP contribution is -2.36. The molecule has 1 heterocycles. The molecule has 2 unspecified atom stereocenters. The van der Waals surface area contributed by atoms with E-state index in [1.807, 2.05) is 0 Å². The third-order valence-electron chi connectivity index (χ3n) is 3.27. The van der Waals surface area contributed by atoms with Crippen LogP contribution in [0, 0.1) is 16.7 Å². The van der Waals surface area contributed by atoms with Gasteiger partial charge in [-0.15, -0.1) is 0 Å². The number of benzene rings is 1. The van der Waals surface area contributed by atoms with Crippen molar-refractivity contribution in [1.29, 1.82) is 5.26 Å². The van der Waals surface area contributed by atoms with Crippen LogP contribution in [-0.2, 0) is 4.74 Å². The van der Waals surface area contributed by atoms with E-state index in [0.717, 1.165) is 6.42 Å². The first-order chi connectivity index (χ1) is 8.59. The number of hydrogen-bond acceptors (Lipinski definition) is 3. The Hall–Kier alpha value is -0.790. The molecular weight excluding hydrogens is 273 g/mol. The van der Waals surface area contributed by atoms with E-state index in [4.69, 9.17) is 27.9 Å². The second-order valence-electron chi connectivity index (χ2n) is 4.49. The highest BCUT2D eigenvalue weighted by Gasteiger charge is 2.42. The van der Waals surface area contributed by atoms with Gasteiger partial charge in [-0.1, -0.05) is 29.3 Å². The van der Waals surface area contributed by atoms with Crippen LogP contribution in [0.25, 0.3) is 0 Å². The van der Waals surface area contributed by atoms with Crippen LogP contribution >= 0.6 is 23.2 Å². The molecule has 1 aromatic rings. The molecule has 5 heteroatoms. The Morgan fingerprint density at radius 1 is 1.44 bits per heavy atom. The molecule has 0 saturated carbocycles. The Bertz CT molecular complexity index is 478. The molecule has 0 amide bonds. The van der Waals surface area contributed by atoms with E-state index in [0.29, 0.717) is 28.6 Å². The van der Waals surface area contributed by atoms with E-state index in [-0.39, 0.29) is 6.61 Å². The predicted octanol–water partition coefficient (Wildman–Crippen LogP) is 3.35. The van der Waals surface area contributed by atoms with Crippen LogP contribution < -0.4 is 0 Å². The summed E-state index contributed by atoms with van der Waals surface area (Å²) in [6.07, 6.45) is 0.395. The minimum atomic E-state index is -0.965. The first kappa shape index (κ1) is 13.6. The second-order valence-corrected chi connectivity index (χ2v) is 5.34. The van der Waals surface area contributed by atoms with Crippen LogP contribution in [0.5, 0.6) is 0 Å². The molecule has 2 rings (SSSR count). The van der Waals surface area contributed by atoms with Gasteiger partial charge in [0.2, 0.25) is 0 Å². The van der Waals surface area contributed by atoms with Gasteiger partial charge in [0.25, 0.3) is 0 Å². The van der Waals surface area contributed by atoms with Crippen molar-refractivity contribution in [3.8, 4) is 6.07 Å². The fourth-order valence-corrected chi connectivity index (χ4v) is 2.71. The molecule has 1 aliphatic rings. The topological polar surface area (TPSA) is 53.2 Å². The van der Waals surface area contributed by atoms with Crippen molar-refractivity contribution in [2.24, 2.45) is 5.41 Å². The molecule has 0 bridgehead atoms. The third-order valence-corrected chi connectivity index (χ3v) is 3.84. The number of aliphatic hydroxyl groups is 1. The highest BCUT2D eigenvalue weighted by Crippen LogP contribution is 2.42. The van der Waals surface area contributed by atoms with Crippen molar-refractivity contribution in [3.63, 3.8) is 0 Å². The lowest BCUT2D eigenvalue weighted by Gasteiger charge is -2.35. The van der Waals surface area contributed by atoms with E-state index in [1.54, 1.807) is 18.2 Å². The van der Waals surface area contributed by atoms with E-state index < -0.39 is 11.5 Å². The number of nitriles is 1. The van der Waals surface area contributed by atoms with Crippen LogP contribution in [-0.4, -0.2) is 18.3 Å². The fraction of sp³-hybridized carbons (Fsp3) is 0.462. The number of hydrogen-bond donors (Lipinski definition) is 1. The first-order valence-electron chi connectivity index (χ1n) is 5.71. The monoisotopic (exact) mass is 285 g/mol. The van der Waals surface area contributed by atoms with Crippen LogP contribution in [0.4, 0.5) is 0 Å². The van der Waals surface area contributed by atoms with Crippen LogP contribution in [0.15, 0.2) is 18.2 Å². The van der Waals surface area contributed by atoms with Crippen molar-refractivity contribution in [2.75, 3.05) is 13.2 Å². The molecule has 1 fully saturated rings. The maximum absolute atomic E-state index is 10.4. The van der Waals surface area contributed by atoms with E-state index >= 15 is 0 Å². The van der Waals surface area contributed by atoms with Gasteiger partial charge >= 0.3 is 0 Å². The molecule has 18 heavy (non-hydrogen) atoms. The maximum Gasteiger partial charge on any atom is 0.111 e. The van der Waals surface area contributed by atoms with Crippen molar-refractivity contribution in [2.45, 2.75) is 18.9 Å². The van der Waals surface area contributed by atoms with Gasteiger partial charge in [-0.3, -0.25) is 0 Å². The Morgan fingerprint density at radius 2 is 2.22 bits per heavy atom. The van der Waals surface area contributed by atoms with Gasteiger partial charge in [0.1, 0.15) is 11.5 Å². The van der Waals surface area contributed by atoms with Crippen LogP contribution in [0.2, 0.25) is 10.0 Å². The predicted molar refractivity (Wildman–Crippen MR) is 69.5 cm³/mol. The maximum atomic E-state index is 10.4. The summed E-state index contributed by atoms with van der Waals surface area (Å²) in [7, 11) is 0. The molecule has 1 aliphatic heterocycles. The summed E-state index contributed by atoms with van der Waals surface area (Å²) >= 11 is 11.9. The molecule has 0 radical (unpaired) electrons. The van der Waals surface area contributed by atoms with Gasteiger partial charge in [0, 0.05) is 22.2 Å². The lowest BCUT2D eigenvalue weighted by molar-refractivity contribution is -0.0505. The van der Waals surface area contributed by atoms with Crippen molar-refractivity contribution >= 4 is 23.2 Å². The van der Waals surface area contributed by atoms with Crippen molar-refractivity contribution in [3.05, 3.63) is 33.8 Å². The molecule has 0 aromatic heterocycles. The van der Waals surface area contributed by atoms with E-state index in [1.165, 1.54) is 0 Å². The van der Waals surface area contributed by atoms with Gasteiger partial charge in [0.05, 0.1) is 12.7 Å². The number of halogens is 2. The summed E-state index contributed by atoms with van der Waals surface area (Å²) in [5.41, 5.74) is -0.400. The second kappa shape index (κ2) is 5.46. The summed E-state index contributed by atoms with van der Waals surface area (Å²) in [4.78, 5) is 0. The zero-order chi connectivity index (χ0) is 13.2. The minimum absolute atomic E-state index is 0.226. The summed E-state index contributed by atoms with van der Waals surface area (Å²) in [6, 6.07) is 7.07. The van der Waals surface area contributed by atoms with Crippen LogP contribution in [0.1, 0.15) is 24.5 Å². The van der Waals surface area contributed by atoms with Crippen molar-refractivity contribution < 1.29 is 9.84 Å². The number of aliphatic hydroxyl groups excluding tert-OH is 1. The van der Waals surface area contributed by atoms with Crippen molar-refractivity contribution in [1.82, 2.24) is 0 Å². The average Bonchev–Trinajstić information content (AvgIpc) is 2.39. The zero-order valence-electron chi connectivity index (χ0n) is 9.70. The molecule has 96 valence electrons. The minimum Gasteiger partial charge on any atom is -0.387 e. The fourth-order valence-electron chi connectivity index (χ4n) is 2.20. The molecule has 1 aromatic carbocycles. The molecular formula is C13H13Cl2NO2. The van der Waals surface area contributed by atoms with Gasteiger partial charge < -0.3 is 9.84 Å². The summed E-state index contributed by atoms with van der Waals surface area (Å²) < 4.78 is 5.33. The Morgan fingerprint density at radius 3 is 2.78 bits per heavy atom. The smallest absolute Gasteiger partial charge is 0.111 e. The first-order valence-corrected chi connectivity index (χ1v) is 6.47. The summed E-state index contributed by atoms with van der Waals surface area (Å²) in [5.74, 6) is 0. The molecule has 3 nitrogen and oxygen atoms in total. The van der Waals surface area contributed by atoms with E-state index in [2.05, 4.69) is 6.07 Å². The van der Waals surface area contributed by atoms with Gasteiger partial charge in [-0.25, -0.2) is 0 Å². The molecule has 1 saturated heterocycles.